The summed E-state index contributed by atoms with van der Waals surface area (Å²) in [5.41, 5.74) is 1.06. The second-order valence-corrected chi connectivity index (χ2v) is 6.75. The summed E-state index contributed by atoms with van der Waals surface area (Å²) in [5.74, 6) is 0.556. The molecule has 2 aromatic heterocycles. The van der Waals surface area contributed by atoms with Crippen LogP contribution in [-0.4, -0.2) is 33.7 Å². The summed E-state index contributed by atoms with van der Waals surface area (Å²) >= 11 is 1.68. The van der Waals surface area contributed by atoms with Crippen LogP contribution >= 0.6 is 11.3 Å². The van der Waals surface area contributed by atoms with E-state index < -0.39 is 0 Å². The summed E-state index contributed by atoms with van der Waals surface area (Å²) < 4.78 is 1.58. The molecule has 0 aliphatic carbocycles. The monoisotopic (exact) mass is 319 g/mol. The summed E-state index contributed by atoms with van der Waals surface area (Å²) in [6.45, 7) is 4.51. The van der Waals surface area contributed by atoms with Gasteiger partial charge in [-0.1, -0.05) is 0 Å². The van der Waals surface area contributed by atoms with E-state index in [-0.39, 0.29) is 5.56 Å². The first-order valence-electron chi connectivity index (χ1n) is 7.54. The number of hydrogen-bond acceptors (Lipinski definition) is 6. The molecule has 7 heteroatoms. The number of nitrogens with one attached hydrogen (secondary N) is 1. The Labute approximate surface area is 133 Å². The van der Waals surface area contributed by atoms with Crippen molar-refractivity contribution in [3.05, 3.63) is 38.8 Å². The number of hydrogen-bond donors (Lipinski definition) is 1. The van der Waals surface area contributed by atoms with E-state index >= 15 is 0 Å². The van der Waals surface area contributed by atoms with Gasteiger partial charge in [-0.2, -0.15) is 0 Å². The Morgan fingerprint density at radius 2 is 2.36 bits per heavy atom. The predicted octanol–water partition coefficient (Wildman–Crippen LogP) is 1.30. The number of nitrogens with zero attached hydrogens (tertiary/aromatic N) is 4. The van der Waals surface area contributed by atoms with Crippen molar-refractivity contribution in [2.75, 3.05) is 18.0 Å². The van der Waals surface area contributed by atoms with Crippen LogP contribution in [0.5, 0.6) is 0 Å². The number of thiazole rings is 1. The molecule has 1 saturated heterocycles. The Morgan fingerprint density at radius 1 is 1.50 bits per heavy atom. The van der Waals surface area contributed by atoms with Gasteiger partial charge in [0.1, 0.15) is 0 Å². The van der Waals surface area contributed by atoms with Gasteiger partial charge >= 0.3 is 0 Å². The zero-order chi connectivity index (χ0) is 15.5. The SMILES string of the molecule is Cc1nc(CNC2CCCN(c3nccn(C)c3=O)C2)cs1. The van der Waals surface area contributed by atoms with Crippen molar-refractivity contribution in [3.63, 3.8) is 0 Å². The molecule has 0 spiro atoms. The van der Waals surface area contributed by atoms with Crippen LogP contribution in [0.4, 0.5) is 5.82 Å². The minimum absolute atomic E-state index is 0.0294. The van der Waals surface area contributed by atoms with E-state index in [1.54, 1.807) is 35.3 Å². The first-order chi connectivity index (χ1) is 10.6. The summed E-state index contributed by atoms with van der Waals surface area (Å²) in [7, 11) is 1.76. The van der Waals surface area contributed by atoms with Crippen molar-refractivity contribution >= 4 is 17.2 Å². The van der Waals surface area contributed by atoms with E-state index in [0.29, 0.717) is 11.9 Å². The number of aromatic nitrogens is 3. The molecule has 2 aromatic rings. The molecule has 1 atom stereocenters. The topological polar surface area (TPSA) is 63.1 Å². The Hall–Kier alpha value is -1.73. The van der Waals surface area contributed by atoms with Crippen LogP contribution in [0.15, 0.2) is 22.6 Å². The van der Waals surface area contributed by atoms with Crippen LogP contribution < -0.4 is 15.8 Å². The average Bonchev–Trinajstić information content (AvgIpc) is 2.94. The standard InChI is InChI=1S/C15H21N5OS/c1-11-18-13(10-22-11)8-17-12-4-3-6-20(9-12)14-15(21)19(2)7-5-16-14/h5,7,10,12,17H,3-4,6,8-9H2,1-2H3. The third-order valence-corrected chi connectivity index (χ3v) is 4.78. The number of rotatable bonds is 4. The quantitative estimate of drug-likeness (QED) is 0.920. The Morgan fingerprint density at radius 3 is 3.14 bits per heavy atom. The van der Waals surface area contributed by atoms with Crippen LogP contribution in [0.2, 0.25) is 0 Å². The summed E-state index contributed by atoms with van der Waals surface area (Å²) in [4.78, 5) is 23.0. The highest BCUT2D eigenvalue weighted by Gasteiger charge is 2.22. The van der Waals surface area contributed by atoms with E-state index in [1.165, 1.54) is 0 Å². The van der Waals surface area contributed by atoms with E-state index in [2.05, 4.69) is 25.6 Å². The fourth-order valence-corrected chi connectivity index (χ4v) is 3.39. The van der Waals surface area contributed by atoms with Crippen molar-refractivity contribution in [3.8, 4) is 0 Å². The maximum atomic E-state index is 12.2. The van der Waals surface area contributed by atoms with Gasteiger partial charge in [-0.05, 0) is 19.8 Å². The molecule has 1 aliphatic rings. The predicted molar refractivity (Wildman–Crippen MR) is 88.4 cm³/mol. The van der Waals surface area contributed by atoms with Gasteiger partial charge in [0.25, 0.3) is 5.56 Å². The van der Waals surface area contributed by atoms with Gasteiger partial charge in [0.15, 0.2) is 5.82 Å². The molecule has 1 fully saturated rings. The minimum Gasteiger partial charge on any atom is -0.350 e. The zero-order valence-electron chi connectivity index (χ0n) is 13.0. The number of anilines is 1. The summed E-state index contributed by atoms with van der Waals surface area (Å²) in [6, 6.07) is 0.363. The Balaban J connectivity index is 1.64. The molecule has 1 unspecified atom stereocenters. The van der Waals surface area contributed by atoms with Crippen LogP contribution in [0.1, 0.15) is 23.5 Å². The molecule has 22 heavy (non-hydrogen) atoms. The van der Waals surface area contributed by atoms with Gasteiger partial charge in [0.2, 0.25) is 0 Å². The molecular formula is C15H21N5OS. The van der Waals surface area contributed by atoms with Gasteiger partial charge in [0, 0.05) is 50.5 Å². The first-order valence-corrected chi connectivity index (χ1v) is 8.42. The Bertz CT molecular complexity index is 695. The molecule has 3 heterocycles. The highest BCUT2D eigenvalue weighted by Crippen LogP contribution is 2.15. The average molecular weight is 319 g/mol. The van der Waals surface area contributed by atoms with Gasteiger partial charge in [-0.3, -0.25) is 4.79 Å². The fourth-order valence-electron chi connectivity index (χ4n) is 2.78. The van der Waals surface area contributed by atoms with Crippen molar-refractivity contribution in [1.82, 2.24) is 19.9 Å². The summed E-state index contributed by atoms with van der Waals surface area (Å²) in [6.07, 6.45) is 5.56. The van der Waals surface area contributed by atoms with E-state index in [0.717, 1.165) is 43.2 Å². The minimum atomic E-state index is -0.0294. The molecule has 0 saturated carbocycles. The molecule has 118 valence electrons. The first kappa shape index (κ1) is 15.2. The summed E-state index contributed by atoms with van der Waals surface area (Å²) in [5, 5.41) is 6.74. The molecule has 0 amide bonds. The molecule has 1 N–H and O–H groups in total. The molecule has 0 radical (unpaired) electrons. The highest BCUT2D eigenvalue weighted by atomic mass is 32.1. The normalized spacial score (nSPS) is 18.6. The molecule has 6 nitrogen and oxygen atoms in total. The Kier molecular flexibility index (Phi) is 4.54. The van der Waals surface area contributed by atoms with E-state index in [1.807, 2.05) is 6.92 Å². The molecule has 0 bridgehead atoms. The van der Waals surface area contributed by atoms with Gasteiger partial charge in [0.05, 0.1) is 10.7 Å². The maximum absolute atomic E-state index is 12.2. The molecular weight excluding hydrogens is 298 g/mol. The van der Waals surface area contributed by atoms with Gasteiger partial charge in [-0.15, -0.1) is 11.3 Å². The number of piperidine rings is 1. The third kappa shape index (κ3) is 3.36. The van der Waals surface area contributed by atoms with Gasteiger partial charge in [-0.25, -0.2) is 9.97 Å². The van der Waals surface area contributed by atoms with Crippen LogP contribution in [-0.2, 0) is 13.6 Å². The largest absolute Gasteiger partial charge is 0.350 e. The molecule has 3 rings (SSSR count). The van der Waals surface area contributed by atoms with E-state index in [4.69, 9.17) is 0 Å². The molecule has 0 aromatic carbocycles. The molecule has 1 aliphatic heterocycles. The van der Waals surface area contributed by atoms with Crippen molar-refractivity contribution in [2.24, 2.45) is 7.05 Å². The number of aryl methyl sites for hydroxylation is 2. The second kappa shape index (κ2) is 6.58. The van der Waals surface area contributed by atoms with Crippen LogP contribution in [0, 0.1) is 6.92 Å². The van der Waals surface area contributed by atoms with E-state index in [9.17, 15) is 4.79 Å². The lowest BCUT2D eigenvalue weighted by atomic mass is 10.1. The lowest BCUT2D eigenvalue weighted by Crippen LogP contribution is -2.47. The lowest BCUT2D eigenvalue weighted by Gasteiger charge is -2.33. The fraction of sp³-hybridized carbons (Fsp3) is 0.533. The van der Waals surface area contributed by atoms with Crippen molar-refractivity contribution in [1.29, 1.82) is 0 Å². The third-order valence-electron chi connectivity index (χ3n) is 3.96. The van der Waals surface area contributed by atoms with Crippen molar-refractivity contribution < 1.29 is 0 Å². The highest BCUT2D eigenvalue weighted by molar-refractivity contribution is 7.09. The maximum Gasteiger partial charge on any atom is 0.293 e. The van der Waals surface area contributed by atoms with Crippen LogP contribution in [0.25, 0.3) is 0 Å². The van der Waals surface area contributed by atoms with Crippen LogP contribution in [0.3, 0.4) is 0 Å². The smallest absolute Gasteiger partial charge is 0.293 e. The zero-order valence-corrected chi connectivity index (χ0v) is 13.8. The lowest BCUT2D eigenvalue weighted by molar-refractivity contribution is 0.417. The van der Waals surface area contributed by atoms with Crippen molar-refractivity contribution in [2.45, 2.75) is 32.4 Å². The second-order valence-electron chi connectivity index (χ2n) is 5.69. The van der Waals surface area contributed by atoms with Gasteiger partial charge < -0.3 is 14.8 Å².